The second-order valence-electron chi connectivity index (χ2n) is 7.54. The van der Waals surface area contributed by atoms with Gasteiger partial charge in [-0.1, -0.05) is 49.4 Å². The highest BCUT2D eigenvalue weighted by molar-refractivity contribution is 5.98. The third kappa shape index (κ3) is 3.93. The van der Waals surface area contributed by atoms with Crippen molar-refractivity contribution in [2.24, 2.45) is 5.10 Å². The van der Waals surface area contributed by atoms with Gasteiger partial charge in [-0.15, -0.1) is 0 Å². The number of fused-ring (bicyclic) bond motifs is 1. The molecule has 2 aliphatic heterocycles. The first-order valence-electron chi connectivity index (χ1n) is 10.4. The number of hydrazine groups is 1. The molecule has 1 N–H and O–H groups in total. The molecule has 2 aromatic rings. The molecule has 7 nitrogen and oxygen atoms in total. The number of para-hydroxylation sites is 1. The Morgan fingerprint density at radius 1 is 1.13 bits per heavy atom. The van der Waals surface area contributed by atoms with E-state index in [1.807, 2.05) is 37.3 Å². The number of aryl methyl sites for hydroxylation is 1. The number of hydrogen-bond acceptors (Lipinski definition) is 5. The molecule has 0 spiro atoms. The Balaban J connectivity index is 1.43. The minimum Gasteiger partial charge on any atom is -0.311 e. The maximum atomic E-state index is 13.0. The van der Waals surface area contributed by atoms with E-state index >= 15 is 0 Å². The molecule has 7 heteroatoms. The molecule has 4 rings (SSSR count). The number of likely N-dealkylation sites (N-methyl/N-ethyl adjacent to an activating group) is 1. The number of nitrogens with one attached hydrogen (secondary N) is 1. The van der Waals surface area contributed by atoms with Crippen LogP contribution in [0, 0.1) is 0 Å². The van der Waals surface area contributed by atoms with Crippen molar-refractivity contribution in [2.45, 2.75) is 38.8 Å². The van der Waals surface area contributed by atoms with Crippen LogP contribution in [0.5, 0.6) is 0 Å². The van der Waals surface area contributed by atoms with E-state index in [1.165, 1.54) is 10.6 Å². The highest BCUT2D eigenvalue weighted by atomic mass is 16.2. The van der Waals surface area contributed by atoms with E-state index in [9.17, 15) is 9.59 Å². The third-order valence-electron chi connectivity index (χ3n) is 5.72. The van der Waals surface area contributed by atoms with Crippen LogP contribution < -0.4 is 10.3 Å². The van der Waals surface area contributed by atoms with E-state index in [-0.39, 0.29) is 30.4 Å². The van der Waals surface area contributed by atoms with Gasteiger partial charge in [0.1, 0.15) is 18.9 Å². The SMILES string of the molecule is CCc1ccc(C2CC3C(=O)N(CC(=O)N(CC)c4ccccc4)N=CN3N2)cc1. The smallest absolute Gasteiger partial charge is 0.267 e. The molecule has 2 heterocycles. The summed E-state index contributed by atoms with van der Waals surface area (Å²) in [5, 5.41) is 7.29. The molecule has 2 aliphatic rings. The second-order valence-corrected chi connectivity index (χ2v) is 7.54. The Morgan fingerprint density at radius 3 is 2.53 bits per heavy atom. The fraction of sp³-hybridized carbons (Fsp3) is 0.348. The van der Waals surface area contributed by atoms with Crippen molar-refractivity contribution in [2.75, 3.05) is 18.0 Å². The van der Waals surface area contributed by atoms with E-state index in [2.05, 4.69) is 41.7 Å². The van der Waals surface area contributed by atoms with Crippen molar-refractivity contribution in [3.05, 3.63) is 65.7 Å². The topological polar surface area (TPSA) is 68.2 Å². The average molecular weight is 406 g/mol. The minimum absolute atomic E-state index is 0.0448. The number of rotatable bonds is 6. The molecule has 2 amide bonds. The second kappa shape index (κ2) is 8.67. The summed E-state index contributed by atoms with van der Waals surface area (Å²) in [5.74, 6) is -0.310. The van der Waals surface area contributed by atoms with Crippen LogP contribution >= 0.6 is 0 Å². The number of amides is 2. The lowest BCUT2D eigenvalue weighted by Gasteiger charge is -2.31. The van der Waals surface area contributed by atoms with E-state index < -0.39 is 0 Å². The van der Waals surface area contributed by atoms with Crippen LogP contribution in [-0.4, -0.2) is 47.3 Å². The zero-order chi connectivity index (χ0) is 21.1. The van der Waals surface area contributed by atoms with Crippen molar-refractivity contribution in [3.8, 4) is 0 Å². The molecule has 2 unspecified atom stereocenters. The molecule has 0 aromatic heterocycles. The van der Waals surface area contributed by atoms with Gasteiger partial charge in [0.05, 0.1) is 6.04 Å². The molecule has 1 fully saturated rings. The predicted molar refractivity (Wildman–Crippen MR) is 117 cm³/mol. The Kier molecular flexibility index (Phi) is 5.81. The van der Waals surface area contributed by atoms with E-state index in [1.54, 1.807) is 16.2 Å². The van der Waals surface area contributed by atoms with E-state index in [0.717, 1.165) is 17.7 Å². The van der Waals surface area contributed by atoms with Gasteiger partial charge < -0.3 is 4.90 Å². The fourth-order valence-electron chi connectivity index (χ4n) is 3.98. The summed E-state index contributed by atoms with van der Waals surface area (Å²) in [6, 6.07) is 17.6. The zero-order valence-electron chi connectivity index (χ0n) is 17.4. The summed E-state index contributed by atoms with van der Waals surface area (Å²) >= 11 is 0. The van der Waals surface area contributed by atoms with Gasteiger partial charge in [-0.3, -0.25) is 14.6 Å². The summed E-state index contributed by atoms with van der Waals surface area (Å²) in [7, 11) is 0. The van der Waals surface area contributed by atoms with Gasteiger partial charge in [0.25, 0.3) is 5.91 Å². The van der Waals surface area contributed by atoms with Crippen molar-refractivity contribution in [1.82, 2.24) is 15.4 Å². The Hall–Kier alpha value is -3.19. The van der Waals surface area contributed by atoms with Gasteiger partial charge in [-0.25, -0.2) is 10.4 Å². The lowest BCUT2D eigenvalue weighted by atomic mass is 9.99. The Bertz CT molecular complexity index is 928. The zero-order valence-corrected chi connectivity index (χ0v) is 17.4. The van der Waals surface area contributed by atoms with Crippen molar-refractivity contribution >= 4 is 23.8 Å². The summed E-state index contributed by atoms with van der Waals surface area (Å²) in [4.78, 5) is 27.5. The maximum absolute atomic E-state index is 13.0. The number of carbonyl (C=O) groups is 2. The van der Waals surface area contributed by atoms with E-state index in [4.69, 9.17) is 0 Å². The summed E-state index contributed by atoms with van der Waals surface area (Å²) in [6.45, 7) is 4.51. The van der Waals surface area contributed by atoms with Crippen LogP contribution in [-0.2, 0) is 16.0 Å². The average Bonchev–Trinajstić information content (AvgIpc) is 3.22. The van der Waals surface area contributed by atoms with E-state index in [0.29, 0.717) is 13.0 Å². The normalized spacial score (nSPS) is 20.4. The van der Waals surface area contributed by atoms with Crippen molar-refractivity contribution < 1.29 is 9.59 Å². The van der Waals surface area contributed by atoms with Crippen LogP contribution in [0.25, 0.3) is 0 Å². The van der Waals surface area contributed by atoms with Gasteiger partial charge in [-0.2, -0.15) is 5.10 Å². The Labute approximate surface area is 176 Å². The van der Waals surface area contributed by atoms with Crippen LogP contribution in [0.15, 0.2) is 59.7 Å². The molecular weight excluding hydrogens is 378 g/mol. The molecule has 2 atom stereocenters. The molecule has 156 valence electrons. The van der Waals surface area contributed by atoms with Gasteiger partial charge in [-0.05, 0) is 43.0 Å². The van der Waals surface area contributed by atoms with Crippen molar-refractivity contribution in [1.29, 1.82) is 0 Å². The molecular formula is C23H27N5O2. The summed E-state index contributed by atoms with van der Waals surface area (Å²) in [5.41, 5.74) is 6.60. The minimum atomic E-state index is -0.363. The van der Waals surface area contributed by atoms with Crippen LogP contribution in [0.2, 0.25) is 0 Å². The molecule has 0 radical (unpaired) electrons. The molecule has 30 heavy (non-hydrogen) atoms. The van der Waals surface area contributed by atoms with Gasteiger partial charge in [0.2, 0.25) is 5.91 Å². The van der Waals surface area contributed by atoms with Gasteiger partial charge >= 0.3 is 0 Å². The lowest BCUT2D eigenvalue weighted by Crippen LogP contribution is -2.52. The highest BCUT2D eigenvalue weighted by Crippen LogP contribution is 2.29. The first kappa shape index (κ1) is 20.1. The largest absolute Gasteiger partial charge is 0.311 e. The summed E-state index contributed by atoms with van der Waals surface area (Å²) < 4.78 is 0. The fourth-order valence-corrected chi connectivity index (χ4v) is 3.98. The quantitative estimate of drug-likeness (QED) is 0.802. The first-order valence-corrected chi connectivity index (χ1v) is 10.4. The number of hydrogen-bond donors (Lipinski definition) is 1. The molecule has 2 aromatic carbocycles. The number of hydrazone groups is 1. The van der Waals surface area contributed by atoms with Crippen molar-refractivity contribution in [3.63, 3.8) is 0 Å². The van der Waals surface area contributed by atoms with Gasteiger partial charge in [0.15, 0.2) is 0 Å². The molecule has 1 saturated heterocycles. The highest BCUT2D eigenvalue weighted by Gasteiger charge is 2.41. The number of nitrogens with zero attached hydrogens (tertiary/aromatic N) is 4. The third-order valence-corrected chi connectivity index (χ3v) is 5.72. The number of anilines is 1. The predicted octanol–water partition coefficient (Wildman–Crippen LogP) is 2.71. The molecule has 0 bridgehead atoms. The monoisotopic (exact) mass is 405 g/mol. The van der Waals surface area contributed by atoms with Crippen LogP contribution in [0.1, 0.15) is 37.4 Å². The van der Waals surface area contributed by atoms with Crippen LogP contribution in [0.3, 0.4) is 0 Å². The standard InChI is InChI=1S/C23H27N5O2/c1-3-17-10-12-18(13-11-17)20-14-21-23(30)27(24-16-28(21)25-20)15-22(29)26(4-2)19-8-6-5-7-9-19/h5-13,16,20-21,25H,3-4,14-15H2,1-2H3. The Morgan fingerprint density at radius 2 is 1.87 bits per heavy atom. The number of carbonyl (C=O) groups excluding carboxylic acids is 2. The molecule has 0 saturated carbocycles. The summed E-state index contributed by atoms with van der Waals surface area (Å²) in [6.07, 6.45) is 3.24. The van der Waals surface area contributed by atoms with Crippen LogP contribution in [0.4, 0.5) is 5.69 Å². The molecule has 0 aliphatic carbocycles. The lowest BCUT2D eigenvalue weighted by molar-refractivity contribution is -0.139. The first-order chi connectivity index (χ1) is 14.6. The van der Waals surface area contributed by atoms with Gasteiger partial charge in [0, 0.05) is 12.2 Å². The number of benzene rings is 2. The maximum Gasteiger partial charge on any atom is 0.267 e.